The largest absolute Gasteiger partial charge is 0.465 e. The maximum absolute atomic E-state index is 6.20. The summed E-state index contributed by atoms with van der Waals surface area (Å²) in [6.07, 6.45) is 1.32. The van der Waals surface area contributed by atoms with Crippen LogP contribution < -0.4 is 5.73 Å². The molecule has 1 fully saturated rings. The molecule has 0 aromatic carbocycles. The first-order valence-electron chi connectivity index (χ1n) is 7.03. The predicted molar refractivity (Wildman–Crippen MR) is 74.4 cm³/mol. The summed E-state index contributed by atoms with van der Waals surface area (Å²) in [7, 11) is 0. The Hall–Kier alpha value is -0.800. The van der Waals surface area contributed by atoms with Gasteiger partial charge in [0.15, 0.2) is 0 Å². The van der Waals surface area contributed by atoms with Crippen molar-refractivity contribution >= 4 is 0 Å². The lowest BCUT2D eigenvalue weighted by Crippen LogP contribution is -2.46. The van der Waals surface area contributed by atoms with Gasteiger partial charge in [-0.2, -0.15) is 0 Å². The lowest BCUT2D eigenvalue weighted by molar-refractivity contribution is 0.0732. The van der Waals surface area contributed by atoms with Gasteiger partial charge >= 0.3 is 0 Å². The van der Waals surface area contributed by atoms with Gasteiger partial charge in [0.05, 0.1) is 6.04 Å². The lowest BCUT2D eigenvalue weighted by Gasteiger charge is -2.40. The zero-order valence-electron chi connectivity index (χ0n) is 12.0. The molecule has 0 spiro atoms. The van der Waals surface area contributed by atoms with Crippen molar-refractivity contribution < 1.29 is 4.42 Å². The first-order chi connectivity index (χ1) is 8.47. The molecule has 1 aliphatic heterocycles. The van der Waals surface area contributed by atoms with E-state index in [2.05, 4.69) is 31.7 Å². The second kappa shape index (κ2) is 5.45. The third kappa shape index (κ3) is 2.96. The Morgan fingerprint density at radius 1 is 1.28 bits per heavy atom. The van der Waals surface area contributed by atoms with Crippen molar-refractivity contribution in [3.63, 3.8) is 0 Å². The van der Waals surface area contributed by atoms with E-state index >= 15 is 0 Å². The molecule has 2 heterocycles. The monoisotopic (exact) mass is 250 g/mol. The summed E-state index contributed by atoms with van der Waals surface area (Å²) in [5, 5.41) is 0. The van der Waals surface area contributed by atoms with Crippen LogP contribution in [0.2, 0.25) is 0 Å². The average molecular weight is 250 g/mol. The molecule has 2 rings (SSSR count). The van der Waals surface area contributed by atoms with Crippen LogP contribution in [0, 0.1) is 18.8 Å². The van der Waals surface area contributed by atoms with Gasteiger partial charge in [0.2, 0.25) is 0 Å². The zero-order chi connectivity index (χ0) is 13.3. The molecular formula is C15H26N2O. The Labute approximate surface area is 110 Å². The average Bonchev–Trinajstić information content (AvgIpc) is 2.62. The van der Waals surface area contributed by atoms with Crippen LogP contribution in [0.25, 0.3) is 0 Å². The molecule has 1 aromatic heterocycles. The van der Waals surface area contributed by atoms with Gasteiger partial charge in [0.25, 0.3) is 0 Å². The molecule has 4 unspecified atom stereocenters. The summed E-state index contributed by atoms with van der Waals surface area (Å²) in [5.74, 6) is 3.47. The topological polar surface area (TPSA) is 42.4 Å². The number of furan rings is 1. The van der Waals surface area contributed by atoms with E-state index in [4.69, 9.17) is 10.2 Å². The maximum atomic E-state index is 6.20. The minimum Gasteiger partial charge on any atom is -0.465 e. The highest BCUT2D eigenvalue weighted by Gasteiger charge is 2.32. The number of nitrogens with zero attached hydrogens (tertiary/aromatic N) is 1. The normalized spacial score (nSPS) is 29.2. The van der Waals surface area contributed by atoms with Crippen molar-refractivity contribution in [3.8, 4) is 0 Å². The molecular weight excluding hydrogens is 224 g/mol. The number of nitrogens with two attached hydrogens (primary N) is 1. The van der Waals surface area contributed by atoms with E-state index in [1.54, 1.807) is 0 Å². The third-order valence-corrected chi connectivity index (χ3v) is 3.84. The predicted octanol–water partition coefficient (Wildman–Crippen LogP) is 2.95. The lowest BCUT2D eigenvalue weighted by atomic mass is 9.89. The second-order valence-electron chi connectivity index (χ2n) is 6.15. The van der Waals surface area contributed by atoms with Gasteiger partial charge in [-0.05, 0) is 44.2 Å². The van der Waals surface area contributed by atoms with Crippen LogP contribution in [0.15, 0.2) is 16.5 Å². The van der Waals surface area contributed by atoms with E-state index in [9.17, 15) is 0 Å². The molecule has 1 aliphatic rings. The summed E-state index contributed by atoms with van der Waals surface area (Å²) in [6.45, 7) is 11.0. The first kappa shape index (κ1) is 13.6. The fourth-order valence-electron chi connectivity index (χ4n) is 3.32. The van der Waals surface area contributed by atoms with Gasteiger partial charge in [-0.25, -0.2) is 0 Å². The molecule has 1 aromatic rings. The molecule has 0 aliphatic carbocycles. The number of hydrogen-bond acceptors (Lipinski definition) is 3. The highest BCUT2D eigenvalue weighted by molar-refractivity contribution is 5.12. The quantitative estimate of drug-likeness (QED) is 0.897. The zero-order valence-corrected chi connectivity index (χ0v) is 12.0. The van der Waals surface area contributed by atoms with Gasteiger partial charge in [-0.3, -0.25) is 4.90 Å². The SMILES string of the molecule is Cc1ccc(C(C(C)N)N2CC(C)CC(C)C2)o1. The van der Waals surface area contributed by atoms with Gasteiger partial charge in [0, 0.05) is 19.1 Å². The number of hydrogen-bond donors (Lipinski definition) is 1. The number of aryl methyl sites for hydroxylation is 1. The summed E-state index contributed by atoms with van der Waals surface area (Å²) >= 11 is 0. The van der Waals surface area contributed by atoms with Gasteiger partial charge in [-0.1, -0.05) is 13.8 Å². The second-order valence-corrected chi connectivity index (χ2v) is 6.15. The van der Waals surface area contributed by atoms with Crippen molar-refractivity contribution in [1.82, 2.24) is 4.90 Å². The highest BCUT2D eigenvalue weighted by atomic mass is 16.3. The van der Waals surface area contributed by atoms with E-state index in [-0.39, 0.29) is 12.1 Å². The Morgan fingerprint density at radius 3 is 2.33 bits per heavy atom. The number of rotatable bonds is 3. The smallest absolute Gasteiger partial charge is 0.122 e. The molecule has 102 valence electrons. The van der Waals surface area contributed by atoms with Crippen LogP contribution in [0.4, 0.5) is 0 Å². The van der Waals surface area contributed by atoms with Crippen molar-refractivity contribution in [2.45, 2.75) is 46.2 Å². The minimum atomic E-state index is 0.0908. The van der Waals surface area contributed by atoms with Crippen molar-refractivity contribution in [1.29, 1.82) is 0 Å². The van der Waals surface area contributed by atoms with Crippen LogP contribution in [-0.4, -0.2) is 24.0 Å². The first-order valence-corrected chi connectivity index (χ1v) is 7.03. The Bertz CT molecular complexity index is 376. The van der Waals surface area contributed by atoms with Crippen molar-refractivity contribution in [2.24, 2.45) is 17.6 Å². The summed E-state index contributed by atoms with van der Waals surface area (Å²) in [5.41, 5.74) is 6.20. The fourth-order valence-corrected chi connectivity index (χ4v) is 3.32. The molecule has 0 bridgehead atoms. The number of piperidine rings is 1. The van der Waals surface area contributed by atoms with Crippen LogP contribution >= 0.6 is 0 Å². The Morgan fingerprint density at radius 2 is 1.89 bits per heavy atom. The molecule has 2 N–H and O–H groups in total. The molecule has 1 saturated heterocycles. The standard InChI is InChI=1S/C15H26N2O/c1-10-7-11(2)9-17(8-10)15(13(4)16)14-6-5-12(3)18-14/h5-6,10-11,13,15H,7-9,16H2,1-4H3. The van der Waals surface area contributed by atoms with Crippen LogP contribution in [0.5, 0.6) is 0 Å². The Balaban J connectivity index is 2.19. The van der Waals surface area contributed by atoms with Gasteiger partial charge < -0.3 is 10.2 Å². The molecule has 18 heavy (non-hydrogen) atoms. The summed E-state index contributed by atoms with van der Waals surface area (Å²) in [6, 6.07) is 4.41. The minimum absolute atomic E-state index is 0.0908. The van der Waals surface area contributed by atoms with Crippen molar-refractivity contribution in [2.75, 3.05) is 13.1 Å². The van der Waals surface area contributed by atoms with E-state index in [1.165, 1.54) is 6.42 Å². The van der Waals surface area contributed by atoms with Gasteiger partial charge in [-0.15, -0.1) is 0 Å². The summed E-state index contributed by atoms with van der Waals surface area (Å²) < 4.78 is 5.81. The molecule has 3 nitrogen and oxygen atoms in total. The maximum Gasteiger partial charge on any atom is 0.122 e. The molecule has 0 amide bonds. The van der Waals surface area contributed by atoms with Crippen LogP contribution in [0.3, 0.4) is 0 Å². The fraction of sp³-hybridized carbons (Fsp3) is 0.733. The molecule has 4 atom stereocenters. The van der Waals surface area contributed by atoms with Crippen molar-refractivity contribution in [3.05, 3.63) is 23.7 Å². The van der Waals surface area contributed by atoms with E-state index in [1.807, 2.05) is 13.0 Å². The van der Waals surface area contributed by atoms with Gasteiger partial charge in [0.1, 0.15) is 11.5 Å². The van der Waals surface area contributed by atoms with E-state index in [0.29, 0.717) is 0 Å². The molecule has 0 radical (unpaired) electrons. The molecule has 3 heteroatoms. The van der Waals surface area contributed by atoms with E-state index < -0.39 is 0 Å². The summed E-state index contributed by atoms with van der Waals surface area (Å²) in [4.78, 5) is 2.50. The highest BCUT2D eigenvalue weighted by Crippen LogP contribution is 2.31. The third-order valence-electron chi connectivity index (χ3n) is 3.84. The van der Waals surface area contributed by atoms with Crippen LogP contribution in [-0.2, 0) is 0 Å². The van der Waals surface area contributed by atoms with E-state index in [0.717, 1.165) is 36.4 Å². The Kier molecular flexibility index (Phi) is 4.13. The number of likely N-dealkylation sites (tertiary alicyclic amines) is 1. The molecule has 0 saturated carbocycles. The van der Waals surface area contributed by atoms with Crippen LogP contribution in [0.1, 0.15) is 44.8 Å².